The van der Waals surface area contributed by atoms with E-state index in [2.05, 4.69) is 13.8 Å². The second-order valence-electron chi connectivity index (χ2n) is 3.47. The summed E-state index contributed by atoms with van der Waals surface area (Å²) in [5.41, 5.74) is 0.121. The molecule has 0 aliphatic heterocycles. The van der Waals surface area contributed by atoms with Crippen LogP contribution in [0.25, 0.3) is 0 Å². The lowest BCUT2D eigenvalue weighted by molar-refractivity contribution is 0.0327. The van der Waals surface area contributed by atoms with Crippen LogP contribution < -0.4 is 0 Å². The van der Waals surface area contributed by atoms with E-state index in [9.17, 15) is 0 Å². The number of rotatable bonds is 1. The van der Waals surface area contributed by atoms with Gasteiger partial charge in [0.1, 0.15) is 0 Å². The van der Waals surface area contributed by atoms with Gasteiger partial charge in [0.2, 0.25) is 0 Å². The molecule has 0 saturated carbocycles. The van der Waals surface area contributed by atoms with Crippen molar-refractivity contribution in [1.29, 1.82) is 0 Å². The van der Waals surface area contributed by atoms with E-state index in [1.54, 1.807) is 7.11 Å². The summed E-state index contributed by atoms with van der Waals surface area (Å²) >= 11 is 0. The van der Waals surface area contributed by atoms with Crippen molar-refractivity contribution in [2.75, 3.05) is 7.11 Å². The standard InChI is InChI=1S/C9H16O/c1-9(2)7-5-4-6-8(9)10-3/h4,6,8H,5,7H2,1-3H3/t8-/m0/s1/i5D/t5-,8+/m1. The van der Waals surface area contributed by atoms with E-state index in [0.29, 0.717) is 0 Å². The van der Waals surface area contributed by atoms with Gasteiger partial charge in [0.25, 0.3) is 0 Å². The Hall–Kier alpha value is -0.300. The van der Waals surface area contributed by atoms with Gasteiger partial charge in [-0.25, -0.2) is 0 Å². The van der Waals surface area contributed by atoms with Crippen LogP contribution in [0, 0.1) is 5.41 Å². The van der Waals surface area contributed by atoms with E-state index in [1.165, 1.54) is 0 Å². The summed E-state index contributed by atoms with van der Waals surface area (Å²) in [6.45, 7) is 4.29. The molecule has 10 heavy (non-hydrogen) atoms. The molecule has 0 aromatic heterocycles. The van der Waals surface area contributed by atoms with Gasteiger partial charge >= 0.3 is 0 Å². The minimum atomic E-state index is -0.0450. The molecule has 1 nitrogen and oxygen atoms in total. The van der Waals surface area contributed by atoms with Crippen LogP contribution in [0.2, 0.25) is 0 Å². The van der Waals surface area contributed by atoms with Crippen molar-refractivity contribution >= 4 is 0 Å². The number of allylic oxidation sites excluding steroid dienone is 1. The van der Waals surface area contributed by atoms with E-state index in [4.69, 9.17) is 6.11 Å². The molecule has 0 amide bonds. The Morgan fingerprint density at radius 3 is 2.90 bits per heavy atom. The average molecular weight is 141 g/mol. The zero-order chi connectivity index (χ0) is 8.48. The molecule has 0 saturated heterocycles. The summed E-state index contributed by atoms with van der Waals surface area (Å²) < 4.78 is 12.8. The smallest absolute Gasteiger partial charge is 0.0803 e. The molecule has 0 aromatic carbocycles. The molecule has 0 bridgehead atoms. The summed E-state index contributed by atoms with van der Waals surface area (Å²) in [4.78, 5) is 0. The van der Waals surface area contributed by atoms with Crippen molar-refractivity contribution < 1.29 is 6.11 Å². The fourth-order valence-electron chi connectivity index (χ4n) is 1.33. The summed E-state index contributed by atoms with van der Waals surface area (Å²) in [7, 11) is 1.72. The molecule has 2 atom stereocenters. The Bertz CT molecular complexity index is 163. The summed E-state index contributed by atoms with van der Waals surface area (Å²) in [6, 6.07) is 0. The van der Waals surface area contributed by atoms with E-state index < -0.39 is 0 Å². The minimum absolute atomic E-state index is 0.0450. The van der Waals surface area contributed by atoms with Crippen LogP contribution in [0.4, 0.5) is 0 Å². The first-order valence-electron chi connectivity index (χ1n) is 4.27. The normalized spacial score (nSPS) is 39.3. The van der Waals surface area contributed by atoms with Gasteiger partial charge in [0.05, 0.1) is 6.10 Å². The Balaban J connectivity index is 2.72. The molecule has 1 rings (SSSR count). The number of ether oxygens (including phenoxy) is 1. The van der Waals surface area contributed by atoms with Crippen molar-refractivity contribution in [3.05, 3.63) is 12.2 Å². The Morgan fingerprint density at radius 2 is 2.40 bits per heavy atom. The topological polar surface area (TPSA) is 9.23 Å². The van der Waals surface area contributed by atoms with Crippen LogP contribution in [0.15, 0.2) is 12.2 Å². The predicted octanol–water partition coefficient (Wildman–Crippen LogP) is 2.38. The maximum Gasteiger partial charge on any atom is 0.0803 e. The number of methoxy groups -OCH3 is 1. The highest BCUT2D eigenvalue weighted by Gasteiger charge is 2.28. The second kappa shape index (κ2) is 2.75. The Kier molecular flexibility index (Phi) is 1.76. The summed E-state index contributed by atoms with van der Waals surface area (Å²) in [5, 5.41) is 0. The van der Waals surface area contributed by atoms with Crippen molar-refractivity contribution in [2.45, 2.75) is 32.8 Å². The van der Waals surface area contributed by atoms with Crippen molar-refractivity contribution in [3.63, 3.8) is 0 Å². The van der Waals surface area contributed by atoms with Gasteiger partial charge in [-0.2, -0.15) is 0 Å². The molecular formula is C9H16O. The first-order chi connectivity index (χ1) is 5.06. The number of hydrogen-bond donors (Lipinski definition) is 0. The first-order valence-corrected chi connectivity index (χ1v) is 3.69. The van der Waals surface area contributed by atoms with Crippen molar-refractivity contribution in [1.82, 2.24) is 0 Å². The average Bonchev–Trinajstić information content (AvgIpc) is 1.85. The molecule has 0 spiro atoms. The molecule has 0 heterocycles. The van der Waals surface area contributed by atoms with Gasteiger partial charge in [0.15, 0.2) is 0 Å². The zero-order valence-electron chi connectivity index (χ0n) is 7.92. The zero-order valence-corrected chi connectivity index (χ0v) is 6.92. The first kappa shape index (κ1) is 6.41. The minimum Gasteiger partial charge on any atom is -0.377 e. The second-order valence-corrected chi connectivity index (χ2v) is 3.47. The van der Waals surface area contributed by atoms with Crippen LogP contribution in [0.1, 0.15) is 28.0 Å². The van der Waals surface area contributed by atoms with Gasteiger partial charge in [-0.15, -0.1) is 0 Å². The molecule has 1 aliphatic carbocycles. The molecule has 0 fully saturated rings. The van der Waals surface area contributed by atoms with Gasteiger partial charge in [0, 0.05) is 8.48 Å². The monoisotopic (exact) mass is 141 g/mol. The van der Waals surface area contributed by atoms with Crippen LogP contribution in [0.5, 0.6) is 0 Å². The molecule has 0 N–H and O–H groups in total. The Labute approximate surface area is 64.5 Å². The third-order valence-electron chi connectivity index (χ3n) is 2.09. The highest BCUT2D eigenvalue weighted by atomic mass is 16.5. The van der Waals surface area contributed by atoms with E-state index >= 15 is 0 Å². The van der Waals surface area contributed by atoms with E-state index in [-0.39, 0.29) is 17.9 Å². The van der Waals surface area contributed by atoms with Crippen LogP contribution in [-0.4, -0.2) is 13.2 Å². The molecule has 0 radical (unpaired) electrons. The van der Waals surface area contributed by atoms with E-state index in [0.717, 1.165) is 6.42 Å². The quantitative estimate of drug-likeness (QED) is 0.509. The SMILES string of the molecule is [2H][C@@H]1C=C[C@H](OC)C(C)(C)C1. The maximum absolute atomic E-state index is 7.55. The third kappa shape index (κ3) is 1.40. The summed E-state index contributed by atoms with van der Waals surface area (Å²) in [5.74, 6) is 0. The van der Waals surface area contributed by atoms with Crippen molar-refractivity contribution in [2.24, 2.45) is 5.41 Å². The Morgan fingerprint density at radius 1 is 1.70 bits per heavy atom. The molecule has 0 unspecified atom stereocenters. The maximum atomic E-state index is 7.55. The molecule has 58 valence electrons. The highest BCUT2D eigenvalue weighted by Crippen LogP contribution is 2.32. The highest BCUT2D eigenvalue weighted by molar-refractivity contribution is 5.02. The fourth-order valence-corrected chi connectivity index (χ4v) is 1.33. The molecule has 0 aromatic rings. The van der Waals surface area contributed by atoms with Crippen LogP contribution >= 0.6 is 0 Å². The van der Waals surface area contributed by atoms with Crippen molar-refractivity contribution in [3.8, 4) is 0 Å². The predicted molar refractivity (Wildman–Crippen MR) is 43.0 cm³/mol. The lowest BCUT2D eigenvalue weighted by Crippen LogP contribution is -2.31. The summed E-state index contributed by atoms with van der Waals surface area (Å²) in [6.07, 6.45) is 4.95. The fraction of sp³-hybridized carbons (Fsp3) is 0.778. The van der Waals surface area contributed by atoms with Gasteiger partial charge in [-0.3, -0.25) is 0 Å². The molecule has 1 heteroatoms. The van der Waals surface area contributed by atoms with Crippen LogP contribution in [0.3, 0.4) is 0 Å². The molecule has 1 aliphatic rings. The van der Waals surface area contributed by atoms with Gasteiger partial charge in [-0.05, 0) is 18.2 Å². The van der Waals surface area contributed by atoms with Gasteiger partial charge in [-0.1, -0.05) is 26.0 Å². The number of hydrogen-bond acceptors (Lipinski definition) is 1. The third-order valence-corrected chi connectivity index (χ3v) is 2.09. The lowest BCUT2D eigenvalue weighted by atomic mass is 9.78. The molecular weight excluding hydrogens is 124 g/mol. The van der Waals surface area contributed by atoms with E-state index in [1.807, 2.05) is 12.2 Å². The van der Waals surface area contributed by atoms with Gasteiger partial charge < -0.3 is 4.74 Å². The largest absolute Gasteiger partial charge is 0.377 e. The van der Waals surface area contributed by atoms with Crippen LogP contribution in [-0.2, 0) is 4.74 Å². The lowest BCUT2D eigenvalue weighted by Gasteiger charge is -2.33.